The van der Waals surface area contributed by atoms with Crippen LogP contribution in [0.25, 0.3) is 0 Å². The molecule has 3 rings (SSSR count). The number of nitrogens with one attached hydrogen (secondary N) is 1. The minimum atomic E-state index is -0.255. The molecule has 134 valence electrons. The lowest BCUT2D eigenvalue weighted by molar-refractivity contribution is -0.118. The molecule has 0 fully saturated rings. The number of hydrogen-bond acceptors (Lipinski definition) is 4. The van der Waals surface area contributed by atoms with E-state index in [9.17, 15) is 4.79 Å². The summed E-state index contributed by atoms with van der Waals surface area (Å²) in [6.45, 7) is 1.86. The van der Waals surface area contributed by atoms with Crippen LogP contribution in [-0.4, -0.2) is 17.5 Å². The van der Waals surface area contributed by atoms with Crippen LogP contribution >= 0.6 is 34.5 Å². The Hall–Kier alpha value is -2.08. The lowest BCUT2D eigenvalue weighted by Gasteiger charge is -2.08. The number of amides is 1. The second kappa shape index (κ2) is 8.54. The Morgan fingerprint density at radius 1 is 1.23 bits per heavy atom. The number of hydrogen-bond donors (Lipinski definition) is 1. The maximum absolute atomic E-state index is 12.1. The number of benzene rings is 2. The van der Waals surface area contributed by atoms with Gasteiger partial charge < -0.3 is 4.74 Å². The van der Waals surface area contributed by atoms with Gasteiger partial charge >= 0.3 is 0 Å². The Balaban J connectivity index is 1.57. The van der Waals surface area contributed by atoms with Gasteiger partial charge in [-0.25, -0.2) is 4.98 Å². The Bertz CT molecular complexity index is 927. The van der Waals surface area contributed by atoms with Crippen LogP contribution in [0.3, 0.4) is 0 Å². The van der Waals surface area contributed by atoms with Crippen molar-refractivity contribution in [2.45, 2.75) is 13.3 Å². The first-order chi connectivity index (χ1) is 12.5. The van der Waals surface area contributed by atoms with Crippen LogP contribution in [-0.2, 0) is 11.2 Å². The van der Waals surface area contributed by atoms with Gasteiger partial charge in [0.2, 0.25) is 0 Å². The van der Waals surface area contributed by atoms with E-state index in [-0.39, 0.29) is 12.5 Å². The SMILES string of the molecule is Cc1ccccc1OCC(=O)Nc1ncc(Cc2cc(Cl)ccc2Cl)s1. The van der Waals surface area contributed by atoms with Gasteiger partial charge in [-0.3, -0.25) is 10.1 Å². The molecule has 1 amide bonds. The van der Waals surface area contributed by atoms with E-state index in [1.165, 1.54) is 11.3 Å². The van der Waals surface area contributed by atoms with E-state index in [4.69, 9.17) is 27.9 Å². The number of nitrogens with zero attached hydrogens (tertiary/aromatic N) is 1. The van der Waals surface area contributed by atoms with Crippen molar-refractivity contribution in [3.8, 4) is 5.75 Å². The third kappa shape index (κ3) is 4.97. The minimum Gasteiger partial charge on any atom is -0.483 e. The molecule has 0 radical (unpaired) electrons. The molecule has 2 aromatic carbocycles. The van der Waals surface area contributed by atoms with Gasteiger partial charge in [-0.1, -0.05) is 41.4 Å². The summed E-state index contributed by atoms with van der Waals surface area (Å²) in [5.74, 6) is 0.438. The molecule has 7 heteroatoms. The lowest BCUT2D eigenvalue weighted by atomic mass is 10.1. The van der Waals surface area contributed by atoms with Crippen molar-refractivity contribution in [1.29, 1.82) is 0 Å². The molecule has 1 N–H and O–H groups in total. The van der Waals surface area contributed by atoms with Gasteiger partial charge in [-0.15, -0.1) is 11.3 Å². The summed E-state index contributed by atoms with van der Waals surface area (Å²) in [6, 6.07) is 12.9. The molecule has 0 saturated carbocycles. The zero-order valence-electron chi connectivity index (χ0n) is 14.0. The van der Waals surface area contributed by atoms with E-state index < -0.39 is 0 Å². The highest BCUT2D eigenvalue weighted by Crippen LogP contribution is 2.27. The fraction of sp³-hybridized carbons (Fsp3) is 0.158. The van der Waals surface area contributed by atoms with Crippen molar-refractivity contribution in [2.75, 3.05) is 11.9 Å². The van der Waals surface area contributed by atoms with Gasteiger partial charge in [-0.05, 0) is 42.3 Å². The second-order valence-corrected chi connectivity index (χ2v) is 7.61. The Morgan fingerprint density at radius 2 is 2.04 bits per heavy atom. The average Bonchev–Trinajstić information content (AvgIpc) is 3.04. The Labute approximate surface area is 165 Å². The maximum Gasteiger partial charge on any atom is 0.264 e. The number of halogens is 2. The van der Waals surface area contributed by atoms with Crippen LogP contribution in [0.4, 0.5) is 5.13 Å². The summed E-state index contributed by atoms with van der Waals surface area (Å²) < 4.78 is 5.53. The summed E-state index contributed by atoms with van der Waals surface area (Å²) in [5, 5.41) is 4.56. The quantitative estimate of drug-likeness (QED) is 0.598. The van der Waals surface area contributed by atoms with E-state index in [0.29, 0.717) is 27.3 Å². The number of rotatable bonds is 6. The number of para-hydroxylation sites is 1. The van der Waals surface area contributed by atoms with E-state index in [1.807, 2.05) is 37.3 Å². The zero-order chi connectivity index (χ0) is 18.5. The number of carbonyl (C=O) groups excluding carboxylic acids is 1. The van der Waals surface area contributed by atoms with Crippen LogP contribution in [0, 0.1) is 6.92 Å². The van der Waals surface area contributed by atoms with Crippen molar-refractivity contribution < 1.29 is 9.53 Å². The van der Waals surface area contributed by atoms with Crippen LogP contribution in [0.1, 0.15) is 16.0 Å². The molecular formula is C19H16Cl2N2O2S. The van der Waals surface area contributed by atoms with E-state index in [2.05, 4.69) is 10.3 Å². The van der Waals surface area contributed by atoms with Gasteiger partial charge in [0.05, 0.1) is 0 Å². The summed E-state index contributed by atoms with van der Waals surface area (Å²) in [6.07, 6.45) is 2.33. The molecule has 0 aliphatic heterocycles. The predicted octanol–water partition coefficient (Wildman–Crippen LogP) is 5.37. The molecule has 0 spiro atoms. The normalized spacial score (nSPS) is 10.6. The number of aromatic nitrogens is 1. The number of anilines is 1. The van der Waals surface area contributed by atoms with Crippen LogP contribution in [0.5, 0.6) is 5.75 Å². The van der Waals surface area contributed by atoms with Gasteiger partial charge in [0.15, 0.2) is 11.7 Å². The number of thiazole rings is 1. The number of carbonyl (C=O) groups is 1. The van der Waals surface area contributed by atoms with Crippen molar-refractivity contribution in [1.82, 2.24) is 4.98 Å². The lowest BCUT2D eigenvalue weighted by Crippen LogP contribution is -2.20. The third-order valence-electron chi connectivity index (χ3n) is 3.62. The molecule has 0 unspecified atom stereocenters. The van der Waals surface area contributed by atoms with Gasteiger partial charge in [0.25, 0.3) is 5.91 Å². The molecule has 0 saturated heterocycles. The van der Waals surface area contributed by atoms with Crippen molar-refractivity contribution >= 4 is 45.6 Å². The standard InChI is InChI=1S/C19H16Cl2N2O2S/c1-12-4-2-3-5-17(12)25-11-18(24)23-19-22-10-15(26-19)9-13-8-14(20)6-7-16(13)21/h2-8,10H,9,11H2,1H3,(H,22,23,24). The Morgan fingerprint density at radius 3 is 2.85 bits per heavy atom. The minimum absolute atomic E-state index is 0.0696. The van der Waals surface area contributed by atoms with Crippen molar-refractivity contribution in [3.63, 3.8) is 0 Å². The highest BCUT2D eigenvalue weighted by molar-refractivity contribution is 7.15. The first-order valence-electron chi connectivity index (χ1n) is 7.88. The first-order valence-corrected chi connectivity index (χ1v) is 9.45. The maximum atomic E-state index is 12.1. The van der Waals surface area contributed by atoms with Crippen molar-refractivity contribution in [3.05, 3.63) is 74.7 Å². The van der Waals surface area contributed by atoms with Gasteiger partial charge in [0, 0.05) is 27.5 Å². The summed E-state index contributed by atoms with van der Waals surface area (Å²) in [7, 11) is 0. The van der Waals surface area contributed by atoms with Crippen LogP contribution < -0.4 is 10.1 Å². The molecule has 1 aromatic heterocycles. The van der Waals surface area contributed by atoms with Gasteiger partial charge in [0.1, 0.15) is 5.75 Å². The largest absolute Gasteiger partial charge is 0.483 e. The summed E-state index contributed by atoms with van der Waals surface area (Å²) >= 11 is 13.6. The van der Waals surface area contributed by atoms with E-state index >= 15 is 0 Å². The molecular weight excluding hydrogens is 391 g/mol. The van der Waals surface area contributed by atoms with E-state index in [1.54, 1.807) is 18.3 Å². The molecule has 0 atom stereocenters. The zero-order valence-corrected chi connectivity index (χ0v) is 16.3. The smallest absolute Gasteiger partial charge is 0.264 e. The Kier molecular flexibility index (Phi) is 6.14. The summed E-state index contributed by atoms with van der Waals surface area (Å²) in [4.78, 5) is 17.3. The molecule has 0 aliphatic rings. The molecule has 0 bridgehead atoms. The predicted molar refractivity (Wildman–Crippen MR) is 107 cm³/mol. The number of ether oxygens (including phenoxy) is 1. The number of aryl methyl sites for hydroxylation is 1. The van der Waals surface area contributed by atoms with E-state index in [0.717, 1.165) is 16.0 Å². The highest BCUT2D eigenvalue weighted by Gasteiger charge is 2.10. The topological polar surface area (TPSA) is 51.2 Å². The first kappa shape index (κ1) is 18.7. The van der Waals surface area contributed by atoms with Crippen molar-refractivity contribution in [2.24, 2.45) is 0 Å². The molecule has 26 heavy (non-hydrogen) atoms. The molecule has 4 nitrogen and oxygen atoms in total. The van der Waals surface area contributed by atoms with Crippen LogP contribution in [0.2, 0.25) is 10.0 Å². The average molecular weight is 407 g/mol. The second-order valence-electron chi connectivity index (χ2n) is 5.65. The summed E-state index contributed by atoms with van der Waals surface area (Å²) in [5.41, 5.74) is 1.90. The molecule has 3 aromatic rings. The van der Waals surface area contributed by atoms with Crippen LogP contribution in [0.15, 0.2) is 48.7 Å². The monoisotopic (exact) mass is 406 g/mol. The molecule has 0 aliphatic carbocycles. The molecule has 1 heterocycles. The fourth-order valence-corrected chi connectivity index (χ4v) is 3.56. The fourth-order valence-electron chi connectivity index (χ4n) is 2.33. The third-order valence-corrected chi connectivity index (χ3v) is 5.14. The highest BCUT2D eigenvalue weighted by atomic mass is 35.5. The van der Waals surface area contributed by atoms with Gasteiger partial charge in [-0.2, -0.15) is 0 Å².